The van der Waals surface area contributed by atoms with E-state index in [1.54, 1.807) is 4.52 Å². The van der Waals surface area contributed by atoms with Gasteiger partial charge in [-0.2, -0.15) is 14.6 Å². The maximum absolute atomic E-state index is 12.1. The summed E-state index contributed by atoms with van der Waals surface area (Å²) in [6.07, 6.45) is 5.47. The van der Waals surface area contributed by atoms with Crippen molar-refractivity contribution in [3.05, 3.63) is 18.1 Å². The first-order valence-corrected chi connectivity index (χ1v) is 7.43. The van der Waals surface area contributed by atoms with E-state index in [4.69, 9.17) is 0 Å². The monoisotopic (exact) mass is 288 g/mol. The van der Waals surface area contributed by atoms with Gasteiger partial charge >= 0.3 is 0 Å². The smallest absolute Gasteiger partial charge is 0.254 e. The Morgan fingerprint density at radius 3 is 2.95 bits per heavy atom. The predicted molar refractivity (Wildman–Crippen MR) is 79.1 cm³/mol. The minimum atomic E-state index is 0.225. The molecule has 0 aromatic carbocycles. The molecule has 3 rings (SSSR count). The summed E-state index contributed by atoms with van der Waals surface area (Å²) in [4.78, 5) is 22.4. The molecular formula is C14H20N6O. The summed E-state index contributed by atoms with van der Waals surface area (Å²) < 4.78 is 1.65. The highest BCUT2D eigenvalue weighted by Gasteiger charge is 2.16. The summed E-state index contributed by atoms with van der Waals surface area (Å²) >= 11 is 0. The lowest BCUT2D eigenvalue weighted by Gasteiger charge is -2.26. The van der Waals surface area contributed by atoms with Crippen molar-refractivity contribution in [2.24, 2.45) is 0 Å². The Hall–Kier alpha value is -2.18. The lowest BCUT2D eigenvalue weighted by molar-refractivity contribution is -0.131. The summed E-state index contributed by atoms with van der Waals surface area (Å²) in [6.45, 7) is 4.31. The fraction of sp³-hybridized carbons (Fsp3) is 0.571. The van der Waals surface area contributed by atoms with E-state index >= 15 is 0 Å². The third-order valence-electron chi connectivity index (χ3n) is 3.73. The van der Waals surface area contributed by atoms with Crippen molar-refractivity contribution in [1.29, 1.82) is 0 Å². The number of aromatic nitrogens is 4. The number of anilines is 1. The number of nitrogens with one attached hydrogen (secondary N) is 1. The van der Waals surface area contributed by atoms with Gasteiger partial charge in [0.1, 0.15) is 12.1 Å². The van der Waals surface area contributed by atoms with Gasteiger partial charge in [0, 0.05) is 37.8 Å². The molecule has 1 saturated heterocycles. The number of hydrogen-bond donors (Lipinski definition) is 1. The van der Waals surface area contributed by atoms with E-state index < -0.39 is 0 Å². The van der Waals surface area contributed by atoms with Gasteiger partial charge in [-0.1, -0.05) is 0 Å². The van der Waals surface area contributed by atoms with Crippen molar-refractivity contribution in [3.8, 4) is 0 Å². The largest absolute Gasteiger partial charge is 0.369 e. The molecule has 112 valence electrons. The molecule has 1 aliphatic rings. The number of amides is 1. The lowest BCUT2D eigenvalue weighted by Crippen LogP contribution is -2.36. The fourth-order valence-corrected chi connectivity index (χ4v) is 2.66. The van der Waals surface area contributed by atoms with Crippen LogP contribution in [0.15, 0.2) is 12.4 Å². The lowest BCUT2D eigenvalue weighted by atomic mass is 10.1. The molecule has 7 nitrogen and oxygen atoms in total. The van der Waals surface area contributed by atoms with Crippen LogP contribution < -0.4 is 5.32 Å². The molecule has 21 heavy (non-hydrogen) atoms. The molecule has 1 N–H and O–H groups in total. The first-order chi connectivity index (χ1) is 10.2. The summed E-state index contributed by atoms with van der Waals surface area (Å²) in [5.41, 5.74) is 0.875. The summed E-state index contributed by atoms with van der Waals surface area (Å²) in [6, 6.07) is 1.91. The van der Waals surface area contributed by atoms with E-state index in [0.29, 0.717) is 18.7 Å². The molecule has 0 aliphatic carbocycles. The number of carbonyl (C=O) groups is 1. The maximum atomic E-state index is 12.1. The van der Waals surface area contributed by atoms with E-state index in [1.807, 2.05) is 17.9 Å². The maximum Gasteiger partial charge on any atom is 0.254 e. The molecule has 2 aromatic rings. The number of likely N-dealkylation sites (tertiary alicyclic amines) is 1. The Kier molecular flexibility index (Phi) is 3.98. The van der Waals surface area contributed by atoms with Crippen molar-refractivity contribution in [3.63, 3.8) is 0 Å². The second-order valence-corrected chi connectivity index (χ2v) is 5.37. The molecule has 2 aromatic heterocycles. The highest BCUT2D eigenvalue weighted by molar-refractivity contribution is 5.76. The molecule has 7 heteroatoms. The van der Waals surface area contributed by atoms with Crippen LogP contribution in [0.4, 0.5) is 5.82 Å². The van der Waals surface area contributed by atoms with E-state index in [0.717, 1.165) is 37.4 Å². The first-order valence-electron chi connectivity index (χ1n) is 7.43. The quantitative estimate of drug-likeness (QED) is 0.916. The van der Waals surface area contributed by atoms with Crippen LogP contribution in [0, 0.1) is 6.92 Å². The standard InChI is InChI=1S/C14H20N6O/c1-11-9-12(20-14(18-11)16-10-17-20)15-6-5-13(21)19-7-3-2-4-8-19/h9-10,15H,2-8H2,1H3. The van der Waals surface area contributed by atoms with Gasteiger partial charge in [0.05, 0.1) is 0 Å². The molecule has 0 radical (unpaired) electrons. The molecule has 0 unspecified atom stereocenters. The van der Waals surface area contributed by atoms with Crippen LogP contribution in [0.3, 0.4) is 0 Å². The van der Waals surface area contributed by atoms with Gasteiger partial charge in [-0.05, 0) is 26.2 Å². The second kappa shape index (κ2) is 6.07. The Morgan fingerprint density at radius 1 is 1.33 bits per heavy atom. The van der Waals surface area contributed by atoms with Crippen LogP contribution in [0.5, 0.6) is 0 Å². The second-order valence-electron chi connectivity index (χ2n) is 5.37. The van der Waals surface area contributed by atoms with E-state index in [-0.39, 0.29) is 5.91 Å². The van der Waals surface area contributed by atoms with Gasteiger partial charge in [-0.3, -0.25) is 4.79 Å². The molecule has 0 bridgehead atoms. The number of hydrogen-bond acceptors (Lipinski definition) is 5. The fourth-order valence-electron chi connectivity index (χ4n) is 2.66. The minimum Gasteiger partial charge on any atom is -0.369 e. The van der Waals surface area contributed by atoms with Crippen molar-refractivity contribution < 1.29 is 4.79 Å². The number of piperidine rings is 1. The van der Waals surface area contributed by atoms with Crippen molar-refractivity contribution >= 4 is 17.5 Å². The third-order valence-corrected chi connectivity index (χ3v) is 3.73. The van der Waals surface area contributed by atoms with Gasteiger partial charge < -0.3 is 10.2 Å². The molecule has 1 aliphatic heterocycles. The summed E-state index contributed by atoms with van der Waals surface area (Å²) in [7, 11) is 0. The average molecular weight is 288 g/mol. The van der Waals surface area contributed by atoms with E-state index in [9.17, 15) is 4.79 Å². The van der Waals surface area contributed by atoms with Gasteiger partial charge in [0.2, 0.25) is 5.91 Å². The van der Waals surface area contributed by atoms with Crippen LogP contribution in [-0.4, -0.2) is 50.0 Å². The zero-order valence-electron chi connectivity index (χ0n) is 12.2. The molecule has 1 fully saturated rings. The Balaban J connectivity index is 1.59. The Morgan fingerprint density at radius 2 is 2.14 bits per heavy atom. The number of carbonyl (C=O) groups excluding carboxylic acids is 1. The molecular weight excluding hydrogens is 268 g/mol. The topological polar surface area (TPSA) is 75.4 Å². The molecule has 0 saturated carbocycles. The SMILES string of the molecule is Cc1cc(NCCC(=O)N2CCCCC2)n2ncnc2n1. The van der Waals surface area contributed by atoms with Gasteiger partial charge in [-0.15, -0.1) is 0 Å². The number of fused-ring (bicyclic) bond motifs is 1. The van der Waals surface area contributed by atoms with Gasteiger partial charge in [0.25, 0.3) is 5.78 Å². The average Bonchev–Trinajstić information content (AvgIpc) is 2.96. The van der Waals surface area contributed by atoms with Crippen molar-refractivity contribution in [2.45, 2.75) is 32.6 Å². The summed E-state index contributed by atoms with van der Waals surface area (Å²) in [5.74, 6) is 1.61. The molecule has 0 spiro atoms. The number of nitrogens with zero attached hydrogens (tertiary/aromatic N) is 5. The van der Waals surface area contributed by atoms with Crippen LogP contribution in [0.2, 0.25) is 0 Å². The third kappa shape index (κ3) is 3.12. The van der Waals surface area contributed by atoms with E-state index in [1.165, 1.54) is 12.7 Å². The molecule has 0 atom stereocenters. The molecule has 3 heterocycles. The number of rotatable bonds is 4. The molecule has 1 amide bonds. The van der Waals surface area contributed by atoms with Crippen LogP contribution in [0.1, 0.15) is 31.4 Å². The van der Waals surface area contributed by atoms with Crippen molar-refractivity contribution in [2.75, 3.05) is 25.0 Å². The van der Waals surface area contributed by atoms with Crippen LogP contribution >= 0.6 is 0 Å². The number of aryl methyl sites for hydroxylation is 1. The Bertz CT molecular complexity index is 631. The first kappa shape index (κ1) is 13.8. The Labute approximate surface area is 123 Å². The normalized spacial score (nSPS) is 15.4. The van der Waals surface area contributed by atoms with E-state index in [2.05, 4.69) is 20.4 Å². The highest BCUT2D eigenvalue weighted by atomic mass is 16.2. The van der Waals surface area contributed by atoms with Gasteiger partial charge in [0.15, 0.2) is 0 Å². The highest BCUT2D eigenvalue weighted by Crippen LogP contribution is 2.12. The van der Waals surface area contributed by atoms with Crippen LogP contribution in [-0.2, 0) is 4.79 Å². The zero-order valence-corrected chi connectivity index (χ0v) is 12.2. The van der Waals surface area contributed by atoms with Crippen molar-refractivity contribution in [1.82, 2.24) is 24.5 Å². The zero-order chi connectivity index (χ0) is 14.7. The predicted octanol–water partition coefficient (Wildman–Crippen LogP) is 1.25. The van der Waals surface area contributed by atoms with Gasteiger partial charge in [-0.25, -0.2) is 4.98 Å². The minimum absolute atomic E-state index is 0.225. The van der Waals surface area contributed by atoms with Crippen LogP contribution in [0.25, 0.3) is 5.78 Å². The summed E-state index contributed by atoms with van der Waals surface area (Å²) in [5, 5.41) is 7.39.